The van der Waals surface area contributed by atoms with Crippen LogP contribution in [-0.2, 0) is 12.8 Å². The minimum Gasteiger partial charge on any atom is -0.244 e. The molecular formula is C16H16N6S2. The number of hydrogen-bond acceptors (Lipinski definition) is 6. The van der Waals surface area contributed by atoms with E-state index >= 15 is 0 Å². The molecule has 0 saturated carbocycles. The van der Waals surface area contributed by atoms with Gasteiger partial charge in [0.1, 0.15) is 11.2 Å². The first kappa shape index (κ1) is 14.4. The summed E-state index contributed by atoms with van der Waals surface area (Å²) in [5, 5.41) is 15.3. The van der Waals surface area contributed by atoms with Crippen molar-refractivity contribution in [1.82, 2.24) is 29.2 Å². The van der Waals surface area contributed by atoms with E-state index in [9.17, 15) is 0 Å². The molecule has 1 aliphatic carbocycles. The van der Waals surface area contributed by atoms with Gasteiger partial charge in [0.25, 0.3) is 5.78 Å². The Kier molecular flexibility index (Phi) is 3.18. The molecule has 4 aromatic heterocycles. The Morgan fingerprint density at radius 2 is 2.38 bits per heavy atom. The highest BCUT2D eigenvalue weighted by atomic mass is 32.2. The first-order chi connectivity index (χ1) is 11.8. The Morgan fingerprint density at radius 1 is 1.46 bits per heavy atom. The minimum atomic E-state index is 0.712. The van der Waals surface area contributed by atoms with Gasteiger partial charge in [0.2, 0.25) is 0 Å². The Morgan fingerprint density at radius 3 is 3.25 bits per heavy atom. The quantitative estimate of drug-likeness (QED) is 0.416. The number of nitrogens with zero attached hydrogens (tertiary/aromatic N) is 6. The molecule has 0 spiro atoms. The summed E-state index contributed by atoms with van der Waals surface area (Å²) >= 11 is 3.51. The smallest absolute Gasteiger partial charge is 0.244 e. The summed E-state index contributed by atoms with van der Waals surface area (Å²) in [5.74, 6) is 2.25. The highest BCUT2D eigenvalue weighted by Crippen LogP contribution is 2.40. The van der Waals surface area contributed by atoms with Crippen LogP contribution >= 0.6 is 23.1 Å². The topological polar surface area (TPSA) is 60.4 Å². The van der Waals surface area contributed by atoms with E-state index in [2.05, 4.69) is 38.2 Å². The van der Waals surface area contributed by atoms with Gasteiger partial charge in [0.05, 0.1) is 5.39 Å². The monoisotopic (exact) mass is 356 g/mol. The fourth-order valence-corrected chi connectivity index (χ4v) is 5.56. The normalized spacial score (nSPS) is 17.8. The zero-order valence-electron chi connectivity index (χ0n) is 13.3. The first-order valence-corrected chi connectivity index (χ1v) is 9.83. The molecule has 0 radical (unpaired) electrons. The third-order valence-corrected chi connectivity index (χ3v) is 6.80. The third kappa shape index (κ3) is 1.89. The number of rotatable bonds is 3. The van der Waals surface area contributed by atoms with Gasteiger partial charge in [-0.05, 0) is 30.7 Å². The molecule has 0 aliphatic heterocycles. The second-order valence-electron chi connectivity index (χ2n) is 6.25. The molecule has 0 fully saturated rings. The second-order valence-corrected chi connectivity index (χ2v) is 8.32. The molecule has 0 amide bonds. The molecule has 0 N–H and O–H groups in total. The summed E-state index contributed by atoms with van der Waals surface area (Å²) in [6.45, 7) is 6.13. The Bertz CT molecular complexity index is 1090. The Hall–Kier alpha value is -1.93. The van der Waals surface area contributed by atoms with Crippen LogP contribution < -0.4 is 0 Å². The number of thiophene rings is 1. The van der Waals surface area contributed by atoms with Crippen LogP contribution in [0.3, 0.4) is 0 Å². The van der Waals surface area contributed by atoms with E-state index in [1.165, 1.54) is 27.1 Å². The van der Waals surface area contributed by atoms with E-state index in [-0.39, 0.29) is 0 Å². The van der Waals surface area contributed by atoms with Gasteiger partial charge in [-0.1, -0.05) is 24.8 Å². The third-order valence-electron chi connectivity index (χ3n) is 4.60. The van der Waals surface area contributed by atoms with Crippen molar-refractivity contribution in [3.63, 3.8) is 0 Å². The number of fused-ring (bicyclic) bond motifs is 8. The van der Waals surface area contributed by atoms with E-state index in [4.69, 9.17) is 0 Å². The van der Waals surface area contributed by atoms with Gasteiger partial charge in [0.15, 0.2) is 10.8 Å². The summed E-state index contributed by atoms with van der Waals surface area (Å²) < 4.78 is 3.96. The van der Waals surface area contributed by atoms with Gasteiger partial charge in [-0.15, -0.1) is 28.1 Å². The molecule has 0 saturated heterocycles. The van der Waals surface area contributed by atoms with Crippen LogP contribution in [0.5, 0.6) is 0 Å². The number of thioether (sulfide) groups is 1. The van der Waals surface area contributed by atoms with Crippen molar-refractivity contribution in [1.29, 1.82) is 0 Å². The zero-order chi connectivity index (χ0) is 16.3. The van der Waals surface area contributed by atoms with Gasteiger partial charge in [-0.3, -0.25) is 0 Å². The van der Waals surface area contributed by atoms with Crippen LogP contribution in [0.2, 0.25) is 0 Å². The molecule has 4 aromatic rings. The Labute approximate surface area is 146 Å². The van der Waals surface area contributed by atoms with Crippen LogP contribution in [0, 0.1) is 5.92 Å². The second kappa shape index (κ2) is 5.29. The van der Waals surface area contributed by atoms with E-state index in [1.807, 2.05) is 21.9 Å². The predicted molar refractivity (Wildman–Crippen MR) is 97.0 cm³/mol. The lowest BCUT2D eigenvalue weighted by atomic mass is 9.89. The molecule has 0 aromatic carbocycles. The minimum absolute atomic E-state index is 0.712. The molecular weight excluding hydrogens is 340 g/mol. The van der Waals surface area contributed by atoms with E-state index in [0.717, 1.165) is 35.2 Å². The fourth-order valence-electron chi connectivity index (χ4n) is 3.49. The van der Waals surface area contributed by atoms with Crippen molar-refractivity contribution in [3.05, 3.63) is 29.4 Å². The average Bonchev–Trinajstić information content (AvgIpc) is 3.27. The van der Waals surface area contributed by atoms with Crippen LogP contribution in [-0.4, -0.2) is 34.9 Å². The van der Waals surface area contributed by atoms with Crippen molar-refractivity contribution >= 4 is 44.7 Å². The van der Waals surface area contributed by atoms with Crippen LogP contribution in [0.1, 0.15) is 23.8 Å². The molecule has 1 aliphatic rings. The molecule has 24 heavy (non-hydrogen) atoms. The van der Waals surface area contributed by atoms with Gasteiger partial charge in [-0.25, -0.2) is 9.38 Å². The van der Waals surface area contributed by atoms with E-state index in [0.29, 0.717) is 5.92 Å². The lowest BCUT2D eigenvalue weighted by Gasteiger charge is -2.17. The lowest BCUT2D eigenvalue weighted by molar-refractivity contribution is 0.508. The van der Waals surface area contributed by atoms with Gasteiger partial charge in [-0.2, -0.15) is 9.61 Å². The SMILES string of the molecule is C=CCSc1nnc2n3ncnc3c3c4c(sc3n12)CC[C@@H](C)C4. The zero-order valence-corrected chi connectivity index (χ0v) is 14.9. The van der Waals surface area contributed by atoms with Crippen molar-refractivity contribution in [2.75, 3.05) is 5.75 Å². The summed E-state index contributed by atoms with van der Waals surface area (Å²) in [5.41, 5.74) is 2.35. The maximum absolute atomic E-state index is 4.53. The molecule has 4 heterocycles. The Balaban J connectivity index is 1.93. The molecule has 122 valence electrons. The van der Waals surface area contributed by atoms with Crippen molar-refractivity contribution in [2.45, 2.75) is 31.3 Å². The van der Waals surface area contributed by atoms with Crippen molar-refractivity contribution in [2.24, 2.45) is 5.92 Å². The molecule has 0 unspecified atom stereocenters. The summed E-state index contributed by atoms with van der Waals surface area (Å²) in [6.07, 6.45) is 7.01. The molecule has 0 bridgehead atoms. The standard InChI is InChI=1S/C16H16N6S2/c1-3-6-23-16-20-19-15-21(16)14-12(13-17-8-18-22(13)15)10-7-9(2)4-5-11(10)24-14/h3,8-9H,1,4-7H2,2H3/t9-/m1/s1. The van der Waals surface area contributed by atoms with Gasteiger partial charge >= 0.3 is 0 Å². The molecule has 6 nitrogen and oxygen atoms in total. The van der Waals surface area contributed by atoms with Crippen LogP contribution in [0.15, 0.2) is 24.1 Å². The predicted octanol–water partition coefficient (Wildman–Crippen LogP) is 3.39. The lowest BCUT2D eigenvalue weighted by Crippen LogP contribution is -2.09. The summed E-state index contributed by atoms with van der Waals surface area (Å²) in [6, 6.07) is 0. The van der Waals surface area contributed by atoms with E-state index in [1.54, 1.807) is 18.1 Å². The highest BCUT2D eigenvalue weighted by molar-refractivity contribution is 7.99. The number of hydrogen-bond donors (Lipinski definition) is 0. The number of aryl methyl sites for hydroxylation is 1. The molecule has 1 atom stereocenters. The summed E-state index contributed by atoms with van der Waals surface area (Å²) in [7, 11) is 0. The van der Waals surface area contributed by atoms with Crippen LogP contribution in [0.4, 0.5) is 0 Å². The largest absolute Gasteiger partial charge is 0.260 e. The molecule has 8 heteroatoms. The maximum Gasteiger partial charge on any atom is 0.260 e. The van der Waals surface area contributed by atoms with Crippen LogP contribution in [0.25, 0.3) is 21.6 Å². The average molecular weight is 356 g/mol. The van der Waals surface area contributed by atoms with Crippen molar-refractivity contribution in [3.8, 4) is 0 Å². The molecule has 5 rings (SSSR count). The highest BCUT2D eigenvalue weighted by Gasteiger charge is 2.26. The van der Waals surface area contributed by atoms with Gasteiger partial charge in [0, 0.05) is 10.6 Å². The van der Waals surface area contributed by atoms with Crippen molar-refractivity contribution < 1.29 is 0 Å². The van der Waals surface area contributed by atoms with Gasteiger partial charge < -0.3 is 0 Å². The van der Waals surface area contributed by atoms with E-state index < -0.39 is 0 Å². The number of aromatic nitrogens is 6. The maximum atomic E-state index is 4.53. The first-order valence-electron chi connectivity index (χ1n) is 8.02. The fraction of sp³-hybridized carbons (Fsp3) is 0.375. The summed E-state index contributed by atoms with van der Waals surface area (Å²) in [4.78, 5) is 7.20.